The normalized spacial score (nSPS) is 28.2. The molecule has 5 atom stereocenters. The molecule has 34 heavy (non-hydrogen) atoms. The van der Waals surface area contributed by atoms with Gasteiger partial charge >= 0.3 is 0 Å². The fourth-order valence-electron chi connectivity index (χ4n) is 4.69. The second-order valence-corrected chi connectivity index (χ2v) is 16.0. The molecular formula is C28H39NO4Si. The summed E-state index contributed by atoms with van der Waals surface area (Å²) in [7, 11) is -1.99. The molecule has 184 valence electrons. The summed E-state index contributed by atoms with van der Waals surface area (Å²) in [6.45, 7) is 12.5. The van der Waals surface area contributed by atoms with Gasteiger partial charge in [-0.1, -0.05) is 57.2 Å². The minimum Gasteiger partial charge on any atom is -0.411 e. The molecule has 0 unspecified atom stereocenters. The Labute approximate surface area is 205 Å². The summed E-state index contributed by atoms with van der Waals surface area (Å²) in [4.78, 5) is 0. The van der Waals surface area contributed by atoms with E-state index in [-0.39, 0.29) is 35.6 Å². The van der Waals surface area contributed by atoms with Crippen LogP contribution in [0.2, 0.25) is 18.1 Å². The molecule has 0 saturated carbocycles. The summed E-state index contributed by atoms with van der Waals surface area (Å²) in [5.41, 5.74) is 1.18. The lowest BCUT2D eigenvalue weighted by Crippen LogP contribution is -2.54. The minimum absolute atomic E-state index is 0.0148. The number of benzene rings is 2. The van der Waals surface area contributed by atoms with Crippen molar-refractivity contribution < 1.29 is 18.6 Å². The average Bonchev–Trinajstić information content (AvgIpc) is 2.98. The molecule has 0 amide bonds. The van der Waals surface area contributed by atoms with Gasteiger partial charge in [-0.25, -0.2) is 0 Å². The molecule has 0 bridgehead atoms. The predicted molar refractivity (Wildman–Crippen MR) is 137 cm³/mol. The molecule has 0 N–H and O–H groups in total. The molecule has 2 aromatic rings. The van der Waals surface area contributed by atoms with Gasteiger partial charge in [-0.15, -0.1) is 0 Å². The highest BCUT2D eigenvalue weighted by Gasteiger charge is 2.46. The van der Waals surface area contributed by atoms with Crippen LogP contribution in [0.15, 0.2) is 42.5 Å². The van der Waals surface area contributed by atoms with Crippen LogP contribution in [0.3, 0.4) is 0 Å². The maximum absolute atomic E-state index is 9.45. The van der Waals surface area contributed by atoms with Crippen molar-refractivity contribution in [2.24, 2.45) is 0 Å². The van der Waals surface area contributed by atoms with Gasteiger partial charge in [-0.2, -0.15) is 5.26 Å². The van der Waals surface area contributed by atoms with E-state index >= 15 is 0 Å². The molecule has 0 radical (unpaired) electrons. The van der Waals surface area contributed by atoms with Crippen molar-refractivity contribution in [3.63, 3.8) is 0 Å². The third-order valence-electron chi connectivity index (χ3n) is 7.75. The summed E-state index contributed by atoms with van der Waals surface area (Å²) >= 11 is 0. The first kappa shape index (κ1) is 25.3. The molecule has 4 rings (SSSR count). The number of hydrogen-bond donors (Lipinski definition) is 0. The van der Waals surface area contributed by atoms with E-state index in [2.05, 4.69) is 82.4 Å². The zero-order valence-electron chi connectivity index (χ0n) is 21.3. The van der Waals surface area contributed by atoms with Crippen LogP contribution < -0.4 is 0 Å². The Balaban J connectivity index is 1.40. The number of rotatable bonds is 6. The van der Waals surface area contributed by atoms with E-state index in [9.17, 15) is 5.26 Å². The van der Waals surface area contributed by atoms with E-state index < -0.39 is 8.32 Å². The van der Waals surface area contributed by atoms with Crippen LogP contribution in [0.4, 0.5) is 0 Å². The zero-order chi connectivity index (χ0) is 24.3. The highest BCUT2D eigenvalue weighted by atomic mass is 28.4. The SMILES string of the molecule is CC(C)(C)[Si](C)(C)O[C@H]1C[C@H]2OCC[C@H](OCc3ccc4ccccc4c3)C[C@@H]2O[C@@H]1CC#N. The molecule has 0 aliphatic carbocycles. The molecule has 2 aliphatic rings. The fraction of sp³-hybridized carbons (Fsp3) is 0.607. The number of fused-ring (bicyclic) bond motifs is 2. The number of ether oxygens (including phenoxy) is 3. The zero-order valence-corrected chi connectivity index (χ0v) is 22.3. The summed E-state index contributed by atoms with van der Waals surface area (Å²) in [5.74, 6) is 0. The lowest BCUT2D eigenvalue weighted by atomic mass is 9.94. The monoisotopic (exact) mass is 481 g/mol. The van der Waals surface area contributed by atoms with Crippen LogP contribution in [0.5, 0.6) is 0 Å². The van der Waals surface area contributed by atoms with Crippen LogP contribution in [0.25, 0.3) is 10.8 Å². The van der Waals surface area contributed by atoms with Gasteiger partial charge < -0.3 is 18.6 Å². The van der Waals surface area contributed by atoms with Gasteiger partial charge in [0.25, 0.3) is 0 Å². The molecular weight excluding hydrogens is 442 g/mol. The topological polar surface area (TPSA) is 60.7 Å². The quantitative estimate of drug-likeness (QED) is 0.449. The van der Waals surface area contributed by atoms with Gasteiger partial charge in [0.15, 0.2) is 8.32 Å². The second kappa shape index (κ2) is 10.5. The van der Waals surface area contributed by atoms with Crippen molar-refractivity contribution in [1.82, 2.24) is 0 Å². The third-order valence-corrected chi connectivity index (χ3v) is 12.3. The van der Waals surface area contributed by atoms with Gasteiger partial charge in [0.05, 0.1) is 49.6 Å². The third kappa shape index (κ3) is 5.90. The molecule has 5 nitrogen and oxygen atoms in total. The Hall–Kier alpha value is -1.75. The number of nitriles is 1. The summed E-state index contributed by atoms with van der Waals surface area (Å²) in [6, 6.07) is 17.2. The van der Waals surface area contributed by atoms with Crippen molar-refractivity contribution in [3.8, 4) is 6.07 Å². The van der Waals surface area contributed by atoms with E-state index in [1.165, 1.54) is 16.3 Å². The van der Waals surface area contributed by atoms with Gasteiger partial charge in [-0.3, -0.25) is 0 Å². The smallest absolute Gasteiger partial charge is 0.192 e. The lowest BCUT2D eigenvalue weighted by molar-refractivity contribution is -0.176. The van der Waals surface area contributed by atoms with E-state index in [0.717, 1.165) is 19.3 Å². The molecule has 2 heterocycles. The Morgan fingerprint density at radius 2 is 1.82 bits per heavy atom. The van der Waals surface area contributed by atoms with Crippen LogP contribution in [0, 0.1) is 11.3 Å². The number of hydrogen-bond acceptors (Lipinski definition) is 5. The van der Waals surface area contributed by atoms with Crippen LogP contribution in [0.1, 0.15) is 52.0 Å². The van der Waals surface area contributed by atoms with E-state index in [1.807, 2.05) is 0 Å². The van der Waals surface area contributed by atoms with Crippen molar-refractivity contribution >= 4 is 19.1 Å². The molecule has 2 saturated heterocycles. The van der Waals surface area contributed by atoms with Gasteiger partial charge in [0.2, 0.25) is 0 Å². The van der Waals surface area contributed by atoms with E-state index in [4.69, 9.17) is 18.6 Å². The second-order valence-electron chi connectivity index (χ2n) is 11.3. The first-order valence-electron chi connectivity index (χ1n) is 12.6. The molecule has 0 spiro atoms. The van der Waals surface area contributed by atoms with Gasteiger partial charge in [0, 0.05) is 19.4 Å². The van der Waals surface area contributed by atoms with Crippen molar-refractivity contribution in [2.45, 2.75) is 102 Å². The minimum atomic E-state index is -1.99. The van der Waals surface area contributed by atoms with Crippen molar-refractivity contribution in [3.05, 3.63) is 48.0 Å². The Morgan fingerprint density at radius 1 is 1.06 bits per heavy atom. The molecule has 2 aromatic carbocycles. The highest BCUT2D eigenvalue weighted by molar-refractivity contribution is 6.74. The largest absolute Gasteiger partial charge is 0.411 e. The Kier molecular flexibility index (Phi) is 7.81. The van der Waals surface area contributed by atoms with Crippen molar-refractivity contribution in [1.29, 1.82) is 5.26 Å². The lowest BCUT2D eigenvalue weighted by Gasteiger charge is -2.46. The summed E-state index contributed by atoms with van der Waals surface area (Å²) < 4.78 is 25.8. The predicted octanol–water partition coefficient (Wildman–Crippen LogP) is 6.37. The molecule has 6 heteroatoms. The number of nitrogens with zero attached hydrogens (tertiary/aromatic N) is 1. The van der Waals surface area contributed by atoms with Gasteiger partial charge in [-0.05, 0) is 47.0 Å². The Bertz CT molecular complexity index is 1010. The first-order chi connectivity index (χ1) is 16.2. The maximum atomic E-state index is 9.45. The van der Waals surface area contributed by atoms with Gasteiger partial charge in [0.1, 0.15) is 0 Å². The average molecular weight is 482 g/mol. The van der Waals surface area contributed by atoms with Crippen LogP contribution in [-0.2, 0) is 25.2 Å². The van der Waals surface area contributed by atoms with Crippen LogP contribution >= 0.6 is 0 Å². The van der Waals surface area contributed by atoms with E-state index in [0.29, 0.717) is 19.6 Å². The van der Waals surface area contributed by atoms with Crippen molar-refractivity contribution in [2.75, 3.05) is 6.61 Å². The standard InChI is InChI=1S/C28H39NO4Si/c1-28(2,3)34(4,5)33-27-18-25-26(32-24(27)12-14-29)17-23(13-15-30-25)31-19-20-10-11-21-8-6-7-9-22(21)16-20/h6-11,16,23-27H,12-13,15,17-19H2,1-5H3/t23-,24+,25+,26-,27-/m0/s1. The first-order valence-corrected chi connectivity index (χ1v) is 15.5. The Morgan fingerprint density at radius 3 is 2.56 bits per heavy atom. The summed E-state index contributed by atoms with van der Waals surface area (Å²) in [5, 5.41) is 12.0. The highest BCUT2D eigenvalue weighted by Crippen LogP contribution is 2.41. The van der Waals surface area contributed by atoms with Crippen LogP contribution in [-0.4, -0.2) is 45.4 Å². The van der Waals surface area contributed by atoms with E-state index in [1.54, 1.807) is 0 Å². The maximum Gasteiger partial charge on any atom is 0.192 e. The molecule has 0 aromatic heterocycles. The summed E-state index contributed by atoms with van der Waals surface area (Å²) in [6.07, 6.45) is 2.42. The molecule has 2 aliphatic heterocycles. The fourth-order valence-corrected chi connectivity index (χ4v) is 6.04. The molecule has 2 fully saturated rings.